The van der Waals surface area contributed by atoms with Gasteiger partial charge in [-0.1, -0.05) is 18.2 Å². The van der Waals surface area contributed by atoms with Crippen LogP contribution in [0.3, 0.4) is 0 Å². The predicted octanol–water partition coefficient (Wildman–Crippen LogP) is 3.96. The summed E-state index contributed by atoms with van der Waals surface area (Å²) in [7, 11) is -4.19. The van der Waals surface area contributed by atoms with E-state index in [1.165, 1.54) is 35.0 Å². The summed E-state index contributed by atoms with van der Waals surface area (Å²) in [5, 5.41) is 14.2. The van der Waals surface area contributed by atoms with Crippen molar-refractivity contribution in [3.63, 3.8) is 0 Å². The molecule has 0 aliphatic rings. The molecule has 3 rings (SSSR count). The Bertz CT molecular complexity index is 1240. The molecule has 8 nitrogen and oxygen atoms in total. The number of imidazole rings is 1. The van der Waals surface area contributed by atoms with Crippen LogP contribution in [0.5, 0.6) is 0 Å². The zero-order valence-corrected chi connectivity index (χ0v) is 16.5. The fraction of sp³-hybridized carbons (Fsp3) is 0.167. The van der Waals surface area contributed by atoms with E-state index in [1.807, 2.05) is 0 Å². The smallest absolute Gasteiger partial charge is 0.366 e. The van der Waals surface area contributed by atoms with Gasteiger partial charge < -0.3 is 9.88 Å². The molecule has 31 heavy (non-hydrogen) atoms. The lowest BCUT2D eigenvalue weighted by atomic mass is 10.0. The Morgan fingerprint density at radius 3 is 2.42 bits per heavy atom. The number of sulfone groups is 1. The second-order valence-corrected chi connectivity index (χ2v) is 8.32. The maximum absolute atomic E-state index is 14.5. The van der Waals surface area contributed by atoms with Gasteiger partial charge in [-0.3, -0.25) is 10.1 Å². The molecule has 1 aromatic heterocycles. The van der Waals surface area contributed by atoms with Crippen LogP contribution in [-0.4, -0.2) is 28.4 Å². The molecule has 0 fully saturated rings. The summed E-state index contributed by atoms with van der Waals surface area (Å²) in [6.45, 7) is 0. The van der Waals surface area contributed by atoms with E-state index in [4.69, 9.17) is 0 Å². The molecule has 0 aliphatic carbocycles. The van der Waals surface area contributed by atoms with E-state index in [-0.39, 0.29) is 17.1 Å². The second kappa shape index (κ2) is 7.98. The van der Waals surface area contributed by atoms with E-state index in [2.05, 4.69) is 10.3 Å². The summed E-state index contributed by atoms with van der Waals surface area (Å²) in [6, 6.07) is 6.21. The number of aryl methyl sites for hydroxylation is 1. The summed E-state index contributed by atoms with van der Waals surface area (Å²) in [4.78, 5) is 13.3. The highest BCUT2D eigenvalue weighted by Crippen LogP contribution is 2.37. The number of rotatable bonds is 6. The number of hydrogen-bond acceptors (Lipinski definition) is 6. The average molecular weight is 458 g/mol. The van der Waals surface area contributed by atoms with Gasteiger partial charge in [-0.25, -0.2) is 17.8 Å². The van der Waals surface area contributed by atoms with Crippen LogP contribution in [0.25, 0.3) is 0 Å². The minimum absolute atomic E-state index is 0.0677. The van der Waals surface area contributed by atoms with Crippen molar-refractivity contribution in [2.45, 2.75) is 16.4 Å². The van der Waals surface area contributed by atoms with Gasteiger partial charge in [0.05, 0.1) is 9.82 Å². The van der Waals surface area contributed by atoms with Crippen LogP contribution < -0.4 is 5.32 Å². The van der Waals surface area contributed by atoms with E-state index in [1.54, 1.807) is 13.2 Å². The fourth-order valence-corrected chi connectivity index (χ4v) is 3.67. The van der Waals surface area contributed by atoms with Crippen molar-refractivity contribution in [2.24, 2.45) is 7.05 Å². The van der Waals surface area contributed by atoms with E-state index < -0.39 is 42.7 Å². The number of nitro benzene ring substituents is 1. The molecule has 1 heterocycles. The maximum Gasteiger partial charge on any atom is 0.501 e. The first-order chi connectivity index (χ1) is 14.4. The molecule has 13 heteroatoms. The molecule has 0 unspecified atom stereocenters. The van der Waals surface area contributed by atoms with Crippen molar-refractivity contribution in [1.82, 2.24) is 9.55 Å². The Morgan fingerprint density at radius 1 is 1.19 bits per heavy atom. The monoisotopic (exact) mass is 458 g/mol. The van der Waals surface area contributed by atoms with Crippen molar-refractivity contribution < 1.29 is 30.9 Å². The molecule has 0 saturated carbocycles. The SMILES string of the molecule is Cn1ccnc1[C@H](Nc1ccc(S(=O)(=O)C(F)(F)F)cc1[N+](=O)[O-])c1ccccc1F. The lowest BCUT2D eigenvalue weighted by Gasteiger charge is -2.21. The number of halogens is 4. The molecular formula is C18H14F4N4O4S. The standard InChI is InChI=1S/C18H14F4N4O4S/c1-25-9-8-23-17(25)16(12-4-2-3-5-13(12)19)24-14-7-6-11(10-15(14)26(27)28)31(29,30)18(20,21)22/h2-10,16,24H,1H3/t16-/m1/s1. The number of nitro groups is 1. The van der Waals surface area contributed by atoms with Gasteiger partial charge >= 0.3 is 5.51 Å². The number of nitrogens with one attached hydrogen (secondary N) is 1. The third-order valence-electron chi connectivity index (χ3n) is 4.41. The highest BCUT2D eigenvalue weighted by atomic mass is 32.2. The molecule has 0 saturated heterocycles. The number of benzene rings is 2. The van der Waals surface area contributed by atoms with E-state index >= 15 is 0 Å². The lowest BCUT2D eigenvalue weighted by Crippen LogP contribution is -2.23. The Morgan fingerprint density at radius 2 is 1.87 bits per heavy atom. The zero-order chi connectivity index (χ0) is 23.0. The highest BCUT2D eigenvalue weighted by molar-refractivity contribution is 7.92. The van der Waals surface area contributed by atoms with Crippen LogP contribution >= 0.6 is 0 Å². The highest BCUT2D eigenvalue weighted by Gasteiger charge is 2.47. The zero-order valence-electron chi connectivity index (χ0n) is 15.7. The Kier molecular flexibility index (Phi) is 5.72. The first-order valence-corrected chi connectivity index (χ1v) is 9.99. The third kappa shape index (κ3) is 4.21. The van der Waals surface area contributed by atoms with Crippen LogP contribution in [-0.2, 0) is 16.9 Å². The van der Waals surface area contributed by atoms with Gasteiger partial charge in [-0.05, 0) is 18.2 Å². The van der Waals surface area contributed by atoms with Crippen molar-refractivity contribution in [3.05, 3.63) is 82.2 Å². The van der Waals surface area contributed by atoms with Crippen molar-refractivity contribution in [2.75, 3.05) is 5.32 Å². The summed E-state index contributed by atoms with van der Waals surface area (Å²) in [5.41, 5.74) is -6.81. The van der Waals surface area contributed by atoms with Gasteiger partial charge in [0, 0.05) is 31.1 Å². The fourth-order valence-electron chi connectivity index (χ4n) is 2.89. The first-order valence-electron chi connectivity index (χ1n) is 8.51. The summed E-state index contributed by atoms with van der Waals surface area (Å²) in [5.74, 6) is -0.395. The molecule has 0 aliphatic heterocycles. The van der Waals surface area contributed by atoms with Crippen LogP contribution in [0.2, 0.25) is 0 Å². The number of nitrogens with zero attached hydrogens (tertiary/aromatic N) is 3. The normalized spacial score (nSPS) is 13.1. The first kappa shape index (κ1) is 22.2. The third-order valence-corrected chi connectivity index (χ3v) is 5.90. The van der Waals surface area contributed by atoms with Crippen LogP contribution in [0.1, 0.15) is 17.4 Å². The van der Waals surface area contributed by atoms with Crippen molar-refractivity contribution in [3.8, 4) is 0 Å². The molecule has 1 N–H and O–H groups in total. The topological polar surface area (TPSA) is 107 Å². The van der Waals surface area contributed by atoms with E-state index in [0.717, 1.165) is 6.07 Å². The van der Waals surface area contributed by atoms with Crippen molar-refractivity contribution in [1.29, 1.82) is 0 Å². The van der Waals surface area contributed by atoms with Gasteiger partial charge in [0.25, 0.3) is 15.5 Å². The summed E-state index contributed by atoms with van der Waals surface area (Å²) in [6.07, 6.45) is 2.97. The second-order valence-electron chi connectivity index (χ2n) is 6.38. The molecule has 3 aromatic rings. The minimum atomic E-state index is -5.80. The van der Waals surface area contributed by atoms with Gasteiger partial charge in [-0.15, -0.1) is 0 Å². The Balaban J connectivity index is 2.13. The molecule has 0 radical (unpaired) electrons. The number of hydrogen-bond donors (Lipinski definition) is 1. The number of anilines is 1. The Labute approximate surface area is 173 Å². The summed E-state index contributed by atoms with van der Waals surface area (Å²) < 4.78 is 77.7. The molecule has 1 atom stereocenters. The van der Waals surface area contributed by atoms with Gasteiger partial charge in [0.1, 0.15) is 23.4 Å². The Hall–Kier alpha value is -3.48. The molecule has 0 amide bonds. The van der Waals surface area contributed by atoms with Gasteiger partial charge in [0.15, 0.2) is 0 Å². The maximum atomic E-state index is 14.5. The minimum Gasteiger partial charge on any atom is -0.366 e. The largest absolute Gasteiger partial charge is 0.501 e. The quantitative estimate of drug-likeness (QED) is 0.340. The molecular weight excluding hydrogens is 444 g/mol. The molecule has 0 spiro atoms. The van der Waals surface area contributed by atoms with E-state index in [9.17, 15) is 36.1 Å². The van der Waals surface area contributed by atoms with Crippen LogP contribution in [0.15, 0.2) is 59.8 Å². The van der Waals surface area contributed by atoms with E-state index in [0.29, 0.717) is 12.1 Å². The lowest BCUT2D eigenvalue weighted by molar-refractivity contribution is -0.384. The van der Waals surface area contributed by atoms with Gasteiger partial charge in [-0.2, -0.15) is 13.2 Å². The average Bonchev–Trinajstić information content (AvgIpc) is 3.11. The molecule has 164 valence electrons. The summed E-state index contributed by atoms with van der Waals surface area (Å²) >= 11 is 0. The predicted molar refractivity (Wildman–Crippen MR) is 101 cm³/mol. The van der Waals surface area contributed by atoms with Crippen molar-refractivity contribution >= 4 is 21.2 Å². The van der Waals surface area contributed by atoms with Crippen LogP contribution in [0, 0.1) is 15.9 Å². The van der Waals surface area contributed by atoms with Gasteiger partial charge in [0.2, 0.25) is 0 Å². The molecule has 0 bridgehead atoms. The van der Waals surface area contributed by atoms with Crippen LogP contribution in [0.4, 0.5) is 28.9 Å². The number of aromatic nitrogens is 2. The molecule has 2 aromatic carbocycles. The number of alkyl halides is 3.